The quantitative estimate of drug-likeness (QED) is 0.241. The monoisotopic (exact) mass is 550 g/mol. The maximum Gasteiger partial charge on any atom is 0.203 e. The van der Waals surface area contributed by atoms with Gasteiger partial charge in [-0.2, -0.15) is 0 Å². The molecule has 2 aromatic rings. The predicted octanol–water partition coefficient (Wildman–Crippen LogP) is 0.457. The molecule has 6 N–H and O–H groups in total. The molecule has 4 rings (SSSR count). The highest BCUT2D eigenvalue weighted by molar-refractivity contribution is 5.62. The maximum atomic E-state index is 10.7. The zero-order chi connectivity index (χ0) is 28.3. The molecule has 0 spiro atoms. The number of rotatable bonds is 10. The van der Waals surface area contributed by atoms with Crippen LogP contribution in [0.2, 0.25) is 0 Å². The van der Waals surface area contributed by atoms with E-state index in [0.717, 1.165) is 0 Å². The molecule has 2 aliphatic rings. The van der Waals surface area contributed by atoms with E-state index in [-0.39, 0.29) is 24.7 Å². The molecule has 12 heteroatoms. The number of phenols is 1. The first kappa shape index (κ1) is 28.9. The van der Waals surface area contributed by atoms with Crippen molar-refractivity contribution in [1.29, 1.82) is 0 Å². The van der Waals surface area contributed by atoms with Gasteiger partial charge in [0.15, 0.2) is 29.3 Å². The second-order valence-electron chi connectivity index (χ2n) is 9.18. The third-order valence-electron chi connectivity index (χ3n) is 6.86. The van der Waals surface area contributed by atoms with Gasteiger partial charge >= 0.3 is 0 Å². The first-order valence-corrected chi connectivity index (χ1v) is 12.3. The molecule has 0 radical (unpaired) electrons. The highest BCUT2D eigenvalue weighted by Crippen LogP contribution is 2.52. The lowest BCUT2D eigenvalue weighted by atomic mass is 9.90. The summed E-state index contributed by atoms with van der Waals surface area (Å²) in [4.78, 5) is 0. The van der Waals surface area contributed by atoms with E-state index in [1.165, 1.54) is 27.4 Å². The Balaban J connectivity index is 1.51. The molecule has 0 bridgehead atoms. The first-order chi connectivity index (χ1) is 18.8. The third kappa shape index (κ3) is 5.63. The van der Waals surface area contributed by atoms with Gasteiger partial charge in [0.2, 0.25) is 5.75 Å². The van der Waals surface area contributed by atoms with Crippen molar-refractivity contribution in [3.63, 3.8) is 0 Å². The zero-order valence-electron chi connectivity index (χ0n) is 21.8. The van der Waals surface area contributed by atoms with Gasteiger partial charge in [0.25, 0.3) is 0 Å². The molecule has 0 amide bonds. The standard InChI is InChI=1S/C27H34O12/c1-34-18-9-14(10-19(35-2)26(18)36-3)24-16(11-28)15-7-13(8-17(30)25(15)39-24)5-4-6-37-27-23(33)22(32)21(31)20(12-29)38-27/h4-5,7-10,16,20-24,27-33H,6,11-12H2,1-3H3/t16-,20-,21-,22-,23+,24+,27-/m1/s1. The van der Waals surface area contributed by atoms with E-state index in [0.29, 0.717) is 33.9 Å². The summed E-state index contributed by atoms with van der Waals surface area (Å²) in [5.41, 5.74) is 1.85. The second kappa shape index (κ2) is 12.4. The number of aliphatic hydroxyl groups is 5. The van der Waals surface area contributed by atoms with E-state index in [4.69, 9.17) is 28.4 Å². The van der Waals surface area contributed by atoms with Gasteiger partial charge < -0.3 is 59.1 Å². The molecule has 7 atom stereocenters. The van der Waals surface area contributed by atoms with Gasteiger partial charge in [0.1, 0.15) is 30.5 Å². The molecule has 12 nitrogen and oxygen atoms in total. The van der Waals surface area contributed by atoms with Crippen LogP contribution in [0.4, 0.5) is 0 Å². The van der Waals surface area contributed by atoms with Gasteiger partial charge in [-0.05, 0) is 29.8 Å². The van der Waals surface area contributed by atoms with E-state index in [1.807, 2.05) is 0 Å². The molecule has 39 heavy (non-hydrogen) atoms. The average molecular weight is 551 g/mol. The molecule has 2 aromatic carbocycles. The maximum absolute atomic E-state index is 10.7. The largest absolute Gasteiger partial charge is 0.504 e. The highest BCUT2D eigenvalue weighted by atomic mass is 16.7. The minimum absolute atomic E-state index is 0.0471. The van der Waals surface area contributed by atoms with Crippen LogP contribution in [0.5, 0.6) is 28.7 Å². The van der Waals surface area contributed by atoms with Gasteiger partial charge in [-0.15, -0.1) is 0 Å². The number of phenolic OH excluding ortho intramolecular Hbond substituents is 1. The molecular formula is C27H34O12. The number of methoxy groups -OCH3 is 3. The van der Waals surface area contributed by atoms with Crippen LogP contribution in [-0.2, 0) is 9.47 Å². The molecule has 0 aliphatic carbocycles. The molecule has 0 saturated carbocycles. The van der Waals surface area contributed by atoms with Crippen LogP contribution in [-0.4, -0.2) is 102 Å². The summed E-state index contributed by atoms with van der Waals surface area (Å²) >= 11 is 0. The molecule has 1 fully saturated rings. The fourth-order valence-corrected chi connectivity index (χ4v) is 4.83. The minimum Gasteiger partial charge on any atom is -0.504 e. The van der Waals surface area contributed by atoms with Gasteiger partial charge in [-0.25, -0.2) is 0 Å². The lowest BCUT2D eigenvalue weighted by Gasteiger charge is -2.39. The normalized spacial score (nSPS) is 28.3. The van der Waals surface area contributed by atoms with Crippen molar-refractivity contribution < 1.29 is 59.1 Å². The van der Waals surface area contributed by atoms with E-state index < -0.39 is 49.3 Å². The van der Waals surface area contributed by atoms with Gasteiger partial charge in [-0.3, -0.25) is 0 Å². The fraction of sp³-hybridized carbons (Fsp3) is 0.481. The Labute approximate surface area is 225 Å². The summed E-state index contributed by atoms with van der Waals surface area (Å²) in [6.45, 7) is -0.865. The van der Waals surface area contributed by atoms with Gasteiger partial charge in [-0.1, -0.05) is 12.2 Å². The Kier molecular flexibility index (Phi) is 9.18. The average Bonchev–Trinajstić information content (AvgIpc) is 3.33. The summed E-state index contributed by atoms with van der Waals surface area (Å²) < 4.78 is 33.1. The van der Waals surface area contributed by atoms with Crippen molar-refractivity contribution >= 4 is 6.08 Å². The fourth-order valence-electron chi connectivity index (χ4n) is 4.83. The van der Waals surface area contributed by atoms with Crippen molar-refractivity contribution in [2.24, 2.45) is 0 Å². The van der Waals surface area contributed by atoms with Crippen LogP contribution in [0.25, 0.3) is 6.08 Å². The first-order valence-electron chi connectivity index (χ1n) is 12.3. The van der Waals surface area contributed by atoms with Crippen LogP contribution in [0.15, 0.2) is 30.3 Å². The highest BCUT2D eigenvalue weighted by Gasteiger charge is 2.44. The Morgan fingerprint density at radius 1 is 0.872 bits per heavy atom. The number of hydrogen-bond donors (Lipinski definition) is 6. The van der Waals surface area contributed by atoms with Crippen molar-refractivity contribution in [2.45, 2.75) is 42.7 Å². The number of fused-ring (bicyclic) bond motifs is 1. The van der Waals surface area contributed by atoms with E-state index in [2.05, 4.69) is 0 Å². The van der Waals surface area contributed by atoms with Crippen LogP contribution < -0.4 is 18.9 Å². The summed E-state index contributed by atoms with van der Waals surface area (Å²) in [6, 6.07) is 6.73. The number of benzene rings is 2. The summed E-state index contributed by atoms with van der Waals surface area (Å²) in [7, 11) is 4.50. The van der Waals surface area contributed by atoms with Crippen LogP contribution in [0.3, 0.4) is 0 Å². The molecule has 0 unspecified atom stereocenters. The zero-order valence-corrected chi connectivity index (χ0v) is 21.8. The smallest absolute Gasteiger partial charge is 0.203 e. The lowest BCUT2D eigenvalue weighted by Crippen LogP contribution is -2.59. The molecule has 1 saturated heterocycles. The van der Waals surface area contributed by atoms with Crippen molar-refractivity contribution in [1.82, 2.24) is 0 Å². The summed E-state index contributed by atoms with van der Waals surface area (Å²) in [5.74, 6) is 0.900. The Bertz CT molecular complexity index is 1140. The van der Waals surface area contributed by atoms with E-state index in [9.17, 15) is 30.6 Å². The van der Waals surface area contributed by atoms with Crippen LogP contribution >= 0.6 is 0 Å². The Morgan fingerprint density at radius 3 is 2.15 bits per heavy atom. The van der Waals surface area contributed by atoms with E-state index >= 15 is 0 Å². The van der Waals surface area contributed by atoms with Gasteiger partial charge in [0, 0.05) is 11.1 Å². The van der Waals surface area contributed by atoms with Crippen LogP contribution in [0, 0.1) is 0 Å². The molecule has 2 aliphatic heterocycles. The van der Waals surface area contributed by atoms with Gasteiger partial charge in [0.05, 0.1) is 47.1 Å². The number of ether oxygens (including phenoxy) is 6. The Hall–Kier alpha value is -3.10. The lowest BCUT2D eigenvalue weighted by molar-refractivity contribution is -0.298. The predicted molar refractivity (Wildman–Crippen MR) is 136 cm³/mol. The summed E-state index contributed by atoms with van der Waals surface area (Å²) in [5, 5.41) is 60.1. The Morgan fingerprint density at radius 2 is 1.56 bits per heavy atom. The SMILES string of the molecule is COc1cc([C@@H]2Oc3c(O)cc(C=CCO[C@@H]4O[C@H](CO)[C@@H](O)[C@@H](O)[C@@H]4O)cc3[C@H]2CO)cc(OC)c1OC. The summed E-state index contributed by atoms with van der Waals surface area (Å²) in [6.07, 6.45) is -4.22. The topological polar surface area (TPSA) is 177 Å². The second-order valence-corrected chi connectivity index (χ2v) is 9.18. The minimum atomic E-state index is -1.53. The number of hydrogen-bond acceptors (Lipinski definition) is 12. The molecule has 2 heterocycles. The van der Waals surface area contributed by atoms with Crippen molar-refractivity contribution in [3.05, 3.63) is 47.0 Å². The molecular weight excluding hydrogens is 516 g/mol. The molecule has 214 valence electrons. The van der Waals surface area contributed by atoms with Crippen molar-refractivity contribution in [3.8, 4) is 28.7 Å². The molecule has 0 aromatic heterocycles. The van der Waals surface area contributed by atoms with E-state index in [1.54, 1.807) is 30.4 Å². The number of aromatic hydroxyl groups is 1. The van der Waals surface area contributed by atoms with Crippen LogP contribution in [0.1, 0.15) is 28.7 Å². The van der Waals surface area contributed by atoms with Crippen molar-refractivity contribution in [2.75, 3.05) is 41.2 Å². The number of aliphatic hydroxyl groups excluding tert-OH is 5. The third-order valence-corrected chi connectivity index (χ3v) is 6.86.